The van der Waals surface area contributed by atoms with Crippen molar-refractivity contribution < 1.29 is 14.7 Å². The fourth-order valence-corrected chi connectivity index (χ4v) is 4.06. The van der Waals surface area contributed by atoms with Gasteiger partial charge in [-0.2, -0.15) is 0 Å². The van der Waals surface area contributed by atoms with Crippen LogP contribution in [-0.2, 0) is 10.4 Å². The zero-order valence-corrected chi connectivity index (χ0v) is 14.9. The molecule has 0 saturated carbocycles. The number of rotatable bonds is 4. The van der Waals surface area contributed by atoms with Crippen LogP contribution in [0, 0.1) is 0 Å². The summed E-state index contributed by atoms with van der Waals surface area (Å²) in [5, 5.41) is 13.8. The number of benzene rings is 2. The highest BCUT2D eigenvalue weighted by molar-refractivity contribution is 6.33. The van der Waals surface area contributed by atoms with Gasteiger partial charge in [0.1, 0.15) is 0 Å². The molecule has 1 atom stereocenters. The third-order valence-corrected chi connectivity index (χ3v) is 5.44. The lowest BCUT2D eigenvalue weighted by atomic mass is 9.88. The number of Topliss-reactive ketones (excluding diaryl/α,β-unsaturated/α-hetero) is 1. The van der Waals surface area contributed by atoms with E-state index in [4.69, 9.17) is 11.6 Å². The molecule has 1 fully saturated rings. The third kappa shape index (κ3) is 2.77. The summed E-state index contributed by atoms with van der Waals surface area (Å²) < 4.78 is 0. The highest BCUT2D eigenvalue weighted by Gasteiger charge is 2.48. The minimum atomic E-state index is -1.95. The Bertz CT molecular complexity index is 875. The van der Waals surface area contributed by atoms with Crippen LogP contribution in [0.15, 0.2) is 42.5 Å². The van der Waals surface area contributed by atoms with Crippen molar-refractivity contribution in [2.75, 3.05) is 23.3 Å². The van der Waals surface area contributed by atoms with Crippen molar-refractivity contribution in [2.24, 2.45) is 0 Å². The number of fused-ring (bicyclic) bond motifs is 1. The quantitative estimate of drug-likeness (QED) is 0.810. The van der Waals surface area contributed by atoms with Gasteiger partial charge in [0.15, 0.2) is 11.4 Å². The molecule has 1 saturated heterocycles. The fraction of sp³-hybridized carbons (Fsp3) is 0.300. The van der Waals surface area contributed by atoms with E-state index < -0.39 is 11.5 Å². The topological polar surface area (TPSA) is 69.6 Å². The summed E-state index contributed by atoms with van der Waals surface area (Å²) in [4.78, 5) is 27.3. The predicted molar refractivity (Wildman–Crippen MR) is 101 cm³/mol. The maximum atomic E-state index is 12.7. The summed E-state index contributed by atoms with van der Waals surface area (Å²) in [7, 11) is 0. The van der Waals surface area contributed by atoms with E-state index in [2.05, 4.69) is 10.2 Å². The molecule has 0 radical (unpaired) electrons. The van der Waals surface area contributed by atoms with E-state index in [0.717, 1.165) is 18.8 Å². The smallest absolute Gasteiger partial charge is 0.261 e. The molecule has 134 valence electrons. The van der Waals surface area contributed by atoms with E-state index in [0.29, 0.717) is 11.3 Å². The number of halogens is 1. The number of nitrogens with zero attached hydrogens (tertiary/aromatic N) is 1. The molecule has 0 aliphatic carbocycles. The summed E-state index contributed by atoms with van der Waals surface area (Å²) >= 11 is 6.17. The monoisotopic (exact) mass is 370 g/mol. The number of nitrogens with one attached hydrogen (secondary N) is 1. The number of amides is 1. The molecule has 0 aromatic heterocycles. The van der Waals surface area contributed by atoms with Gasteiger partial charge in [-0.3, -0.25) is 9.59 Å². The largest absolute Gasteiger partial charge is 0.375 e. The zero-order valence-electron chi connectivity index (χ0n) is 14.2. The van der Waals surface area contributed by atoms with Crippen molar-refractivity contribution in [1.82, 2.24) is 0 Å². The molecule has 2 N–H and O–H groups in total. The van der Waals surface area contributed by atoms with Crippen LogP contribution in [0.1, 0.15) is 35.2 Å². The van der Waals surface area contributed by atoms with Crippen LogP contribution in [0.5, 0.6) is 0 Å². The van der Waals surface area contributed by atoms with E-state index >= 15 is 0 Å². The van der Waals surface area contributed by atoms with Gasteiger partial charge >= 0.3 is 0 Å². The first-order valence-electron chi connectivity index (χ1n) is 8.70. The number of hydrogen-bond donors (Lipinski definition) is 2. The molecule has 0 bridgehead atoms. The molecule has 2 aromatic carbocycles. The molecule has 1 amide bonds. The van der Waals surface area contributed by atoms with E-state index in [9.17, 15) is 14.7 Å². The maximum absolute atomic E-state index is 12.7. The maximum Gasteiger partial charge on any atom is 0.261 e. The van der Waals surface area contributed by atoms with Crippen LogP contribution >= 0.6 is 11.6 Å². The number of hydrogen-bond acceptors (Lipinski definition) is 4. The van der Waals surface area contributed by atoms with Gasteiger partial charge in [-0.1, -0.05) is 17.7 Å². The lowest BCUT2D eigenvalue weighted by Gasteiger charge is -2.21. The third-order valence-electron chi connectivity index (χ3n) is 5.13. The van der Waals surface area contributed by atoms with Crippen molar-refractivity contribution >= 4 is 34.7 Å². The number of carbonyl (C=O) groups is 2. The van der Waals surface area contributed by atoms with Crippen LogP contribution in [0.25, 0.3) is 0 Å². The van der Waals surface area contributed by atoms with Crippen molar-refractivity contribution in [1.29, 1.82) is 0 Å². The molecular weight excluding hydrogens is 352 g/mol. The number of ketones is 1. The van der Waals surface area contributed by atoms with Gasteiger partial charge in [0.2, 0.25) is 0 Å². The molecule has 5 nitrogen and oxygen atoms in total. The summed E-state index contributed by atoms with van der Waals surface area (Å²) in [5.74, 6) is -0.925. The minimum absolute atomic E-state index is 0.264. The van der Waals surface area contributed by atoms with Crippen molar-refractivity contribution in [3.05, 3.63) is 58.6 Å². The van der Waals surface area contributed by atoms with Crippen LogP contribution in [0.4, 0.5) is 11.4 Å². The Balaban J connectivity index is 1.57. The van der Waals surface area contributed by atoms with Crippen molar-refractivity contribution in [2.45, 2.75) is 24.9 Å². The Morgan fingerprint density at radius 2 is 1.85 bits per heavy atom. The molecule has 6 heteroatoms. The fourth-order valence-electron chi connectivity index (χ4n) is 3.72. The molecule has 2 aliphatic rings. The van der Waals surface area contributed by atoms with Crippen LogP contribution in [0.3, 0.4) is 0 Å². The van der Waals surface area contributed by atoms with Gasteiger partial charge in [-0.05, 0) is 49.2 Å². The lowest BCUT2D eigenvalue weighted by Crippen LogP contribution is -2.36. The highest BCUT2D eigenvalue weighted by atomic mass is 35.5. The lowest BCUT2D eigenvalue weighted by molar-refractivity contribution is -0.133. The molecule has 2 heterocycles. The Morgan fingerprint density at radius 3 is 2.54 bits per heavy atom. The molecular formula is C20H19ClN2O3. The molecule has 2 aromatic rings. The van der Waals surface area contributed by atoms with Gasteiger partial charge in [0, 0.05) is 40.6 Å². The van der Waals surface area contributed by atoms with E-state index in [-0.39, 0.29) is 22.8 Å². The van der Waals surface area contributed by atoms with Crippen molar-refractivity contribution in [3.8, 4) is 0 Å². The Labute approximate surface area is 156 Å². The minimum Gasteiger partial charge on any atom is -0.375 e. The first kappa shape index (κ1) is 17.1. The van der Waals surface area contributed by atoms with Gasteiger partial charge in [-0.25, -0.2) is 0 Å². The number of carbonyl (C=O) groups excluding carboxylic acids is 2. The van der Waals surface area contributed by atoms with Gasteiger partial charge < -0.3 is 15.3 Å². The Kier molecular flexibility index (Phi) is 4.21. The Morgan fingerprint density at radius 1 is 1.15 bits per heavy atom. The molecule has 1 unspecified atom stereocenters. The molecule has 26 heavy (non-hydrogen) atoms. The van der Waals surface area contributed by atoms with Gasteiger partial charge in [-0.15, -0.1) is 0 Å². The predicted octanol–water partition coefficient (Wildman–Crippen LogP) is 3.35. The van der Waals surface area contributed by atoms with E-state index in [1.54, 1.807) is 30.3 Å². The van der Waals surface area contributed by atoms with Crippen LogP contribution in [-0.4, -0.2) is 29.9 Å². The Hall–Kier alpha value is -2.37. The summed E-state index contributed by atoms with van der Waals surface area (Å²) in [6, 6.07) is 12.3. The average molecular weight is 371 g/mol. The van der Waals surface area contributed by atoms with Crippen molar-refractivity contribution in [3.63, 3.8) is 0 Å². The molecule has 2 aliphatic heterocycles. The summed E-state index contributed by atoms with van der Waals surface area (Å²) in [6.45, 7) is 2.06. The van der Waals surface area contributed by atoms with Crippen LogP contribution < -0.4 is 10.2 Å². The second kappa shape index (κ2) is 6.41. The first-order valence-corrected chi connectivity index (χ1v) is 9.08. The summed E-state index contributed by atoms with van der Waals surface area (Å²) in [5.41, 5.74) is 0.327. The second-order valence-electron chi connectivity index (χ2n) is 6.82. The number of anilines is 2. The molecule has 0 spiro atoms. The highest BCUT2D eigenvalue weighted by Crippen LogP contribution is 2.43. The number of aliphatic hydroxyl groups is 1. The van der Waals surface area contributed by atoms with E-state index in [1.165, 1.54) is 12.8 Å². The van der Waals surface area contributed by atoms with Gasteiger partial charge in [0.05, 0.1) is 6.42 Å². The second-order valence-corrected chi connectivity index (χ2v) is 7.22. The van der Waals surface area contributed by atoms with E-state index in [1.807, 2.05) is 12.1 Å². The van der Waals surface area contributed by atoms with Gasteiger partial charge in [0.25, 0.3) is 5.91 Å². The summed E-state index contributed by atoms with van der Waals surface area (Å²) in [6.07, 6.45) is 2.02. The standard InChI is InChI=1S/C20H19ClN2O3/c21-15-4-3-5-16-18(15)20(26,19(25)22-16)12-17(24)13-6-8-14(9-7-13)23-10-1-2-11-23/h3-9,26H,1-2,10-12H2,(H,22,25). The first-order chi connectivity index (χ1) is 12.5. The molecule has 4 rings (SSSR count). The average Bonchev–Trinajstić information content (AvgIpc) is 3.23. The SMILES string of the molecule is O=C(CC1(O)C(=O)Nc2cccc(Cl)c21)c1ccc(N2CCCC2)cc1. The normalized spacial score (nSPS) is 21.6. The van der Waals surface area contributed by atoms with Crippen LogP contribution in [0.2, 0.25) is 5.02 Å². The zero-order chi connectivity index (χ0) is 18.3.